The van der Waals surface area contributed by atoms with Gasteiger partial charge in [-0.1, -0.05) is 41.4 Å². The molecule has 3 heterocycles. The number of nitrogens with zero attached hydrogens (tertiary/aromatic N) is 3. The van der Waals surface area contributed by atoms with Crippen molar-refractivity contribution in [2.24, 2.45) is 0 Å². The number of hydrogen-bond donors (Lipinski definition) is 0. The fourth-order valence-electron chi connectivity index (χ4n) is 3.89. The zero-order valence-electron chi connectivity index (χ0n) is 17.7. The molecule has 0 saturated carbocycles. The van der Waals surface area contributed by atoms with Crippen molar-refractivity contribution in [3.63, 3.8) is 0 Å². The second-order valence-electron chi connectivity index (χ2n) is 7.79. The van der Waals surface area contributed by atoms with Crippen molar-refractivity contribution in [2.75, 3.05) is 31.1 Å². The average Bonchev–Trinajstić information content (AvgIpc) is 3.39. The number of carbonyl (C=O) groups excluding carboxylic acids is 1. The molecule has 0 aliphatic carbocycles. The van der Waals surface area contributed by atoms with Crippen molar-refractivity contribution < 1.29 is 13.9 Å². The number of amides is 1. The number of fused-ring (bicyclic) bond motifs is 1. The van der Waals surface area contributed by atoms with Gasteiger partial charge in [0, 0.05) is 31.6 Å². The third-order valence-corrected chi connectivity index (χ3v) is 6.41. The van der Waals surface area contributed by atoms with E-state index in [0.717, 1.165) is 22.3 Å². The predicted molar refractivity (Wildman–Crippen MR) is 129 cm³/mol. The molecule has 8 heteroatoms. The number of aromatic nitrogens is 1. The monoisotopic (exact) mass is 481 g/mol. The predicted octanol–water partition coefficient (Wildman–Crippen LogP) is 5.68. The fraction of sp³-hybridized carbons (Fsp3) is 0.200. The Kier molecular flexibility index (Phi) is 6.11. The summed E-state index contributed by atoms with van der Waals surface area (Å²) in [6.45, 7) is 2.95. The number of pyridine rings is 1. The number of ether oxygens (including phenoxy) is 1. The van der Waals surface area contributed by atoms with Crippen LogP contribution in [-0.4, -0.2) is 42.0 Å². The number of para-hydroxylation sites is 1. The van der Waals surface area contributed by atoms with Crippen LogP contribution in [0.2, 0.25) is 10.0 Å². The molecule has 2 aromatic heterocycles. The average molecular weight is 482 g/mol. The number of piperazine rings is 1. The first-order valence-corrected chi connectivity index (χ1v) is 11.4. The normalized spacial score (nSPS) is 14.0. The maximum Gasteiger partial charge on any atom is 0.289 e. The van der Waals surface area contributed by atoms with E-state index >= 15 is 0 Å². The van der Waals surface area contributed by atoms with Gasteiger partial charge in [-0.3, -0.25) is 4.79 Å². The summed E-state index contributed by atoms with van der Waals surface area (Å²) in [5, 5.41) is 2.01. The van der Waals surface area contributed by atoms with Crippen LogP contribution in [0.5, 0.6) is 5.75 Å². The second-order valence-corrected chi connectivity index (χ2v) is 8.61. The Hall–Kier alpha value is -3.22. The first-order valence-electron chi connectivity index (χ1n) is 10.6. The number of rotatable bonds is 5. The Bertz CT molecular complexity index is 1290. The van der Waals surface area contributed by atoms with E-state index in [1.807, 2.05) is 41.3 Å². The summed E-state index contributed by atoms with van der Waals surface area (Å²) >= 11 is 12.1. The zero-order valence-corrected chi connectivity index (χ0v) is 19.2. The smallest absolute Gasteiger partial charge is 0.289 e. The van der Waals surface area contributed by atoms with E-state index in [4.69, 9.17) is 37.3 Å². The molecule has 33 heavy (non-hydrogen) atoms. The Labute approximate surface area is 201 Å². The maximum atomic E-state index is 12.5. The molecule has 0 N–H and O–H groups in total. The van der Waals surface area contributed by atoms with Gasteiger partial charge >= 0.3 is 0 Å². The first kappa shape index (κ1) is 21.6. The fourth-order valence-corrected chi connectivity index (χ4v) is 4.21. The van der Waals surface area contributed by atoms with Crippen LogP contribution in [-0.2, 0) is 6.61 Å². The SMILES string of the molecule is O=C(c1ccco1)N1CCN(c2ccc3cccc(OCc4ccc(Cl)c(Cl)c4)c3n2)CC1. The van der Waals surface area contributed by atoms with Gasteiger partial charge in [0.05, 0.1) is 16.3 Å². The molecule has 168 valence electrons. The van der Waals surface area contributed by atoms with Gasteiger partial charge in [-0.05, 0) is 48.0 Å². The van der Waals surface area contributed by atoms with Crippen LogP contribution in [0.4, 0.5) is 5.82 Å². The third-order valence-electron chi connectivity index (χ3n) is 5.67. The van der Waals surface area contributed by atoms with Gasteiger partial charge in [-0.15, -0.1) is 0 Å². The molecule has 1 amide bonds. The molecular weight excluding hydrogens is 461 g/mol. The Morgan fingerprint density at radius 1 is 0.970 bits per heavy atom. The van der Waals surface area contributed by atoms with Crippen LogP contribution in [0.25, 0.3) is 10.9 Å². The Morgan fingerprint density at radius 3 is 2.58 bits per heavy atom. The molecule has 0 spiro atoms. The number of hydrogen-bond acceptors (Lipinski definition) is 5. The van der Waals surface area contributed by atoms with Crippen LogP contribution < -0.4 is 9.64 Å². The highest BCUT2D eigenvalue weighted by atomic mass is 35.5. The molecular formula is C25H21Cl2N3O3. The standard InChI is InChI=1S/C25H21Cl2N3O3/c26-19-8-6-17(15-20(19)27)16-33-21-4-1-3-18-7-9-23(28-24(18)21)29-10-12-30(13-11-29)25(31)22-5-2-14-32-22/h1-9,14-15H,10-13,16H2. The van der Waals surface area contributed by atoms with Gasteiger partial charge in [-0.2, -0.15) is 0 Å². The Morgan fingerprint density at radius 2 is 1.82 bits per heavy atom. The third kappa shape index (κ3) is 4.63. The van der Waals surface area contributed by atoms with E-state index in [9.17, 15) is 4.79 Å². The summed E-state index contributed by atoms with van der Waals surface area (Å²) in [5.74, 6) is 1.85. The van der Waals surface area contributed by atoms with Crippen molar-refractivity contribution in [1.82, 2.24) is 9.88 Å². The van der Waals surface area contributed by atoms with E-state index < -0.39 is 0 Å². The maximum absolute atomic E-state index is 12.5. The molecule has 1 aliphatic rings. The molecule has 1 aliphatic heterocycles. The molecule has 2 aromatic carbocycles. The molecule has 4 aromatic rings. The van der Waals surface area contributed by atoms with E-state index in [-0.39, 0.29) is 5.91 Å². The zero-order chi connectivity index (χ0) is 22.8. The summed E-state index contributed by atoms with van der Waals surface area (Å²) in [4.78, 5) is 21.4. The van der Waals surface area contributed by atoms with Crippen molar-refractivity contribution >= 4 is 45.8 Å². The number of halogens is 2. The van der Waals surface area contributed by atoms with Crippen LogP contribution in [0.15, 0.2) is 71.3 Å². The van der Waals surface area contributed by atoms with E-state index in [2.05, 4.69) is 4.90 Å². The minimum Gasteiger partial charge on any atom is -0.487 e. The van der Waals surface area contributed by atoms with E-state index in [1.165, 1.54) is 6.26 Å². The summed E-state index contributed by atoms with van der Waals surface area (Å²) in [6, 6.07) is 18.8. The number of furan rings is 1. The summed E-state index contributed by atoms with van der Waals surface area (Å²) in [5.41, 5.74) is 1.72. The molecule has 0 atom stereocenters. The van der Waals surface area contributed by atoms with Crippen LogP contribution in [0.1, 0.15) is 16.1 Å². The van der Waals surface area contributed by atoms with E-state index in [0.29, 0.717) is 54.3 Å². The molecule has 0 radical (unpaired) electrons. The molecule has 1 fully saturated rings. The highest BCUT2D eigenvalue weighted by molar-refractivity contribution is 6.42. The molecule has 0 bridgehead atoms. The van der Waals surface area contributed by atoms with Crippen molar-refractivity contribution in [2.45, 2.75) is 6.61 Å². The number of carbonyl (C=O) groups is 1. The Balaban J connectivity index is 1.31. The topological polar surface area (TPSA) is 58.8 Å². The second kappa shape index (κ2) is 9.33. The van der Waals surface area contributed by atoms with Crippen LogP contribution in [0, 0.1) is 0 Å². The van der Waals surface area contributed by atoms with E-state index in [1.54, 1.807) is 24.3 Å². The van der Waals surface area contributed by atoms with Crippen molar-refractivity contribution in [3.8, 4) is 5.75 Å². The largest absolute Gasteiger partial charge is 0.487 e. The summed E-state index contributed by atoms with van der Waals surface area (Å²) in [6.07, 6.45) is 1.52. The van der Waals surface area contributed by atoms with Gasteiger partial charge in [0.2, 0.25) is 0 Å². The molecule has 6 nitrogen and oxygen atoms in total. The highest BCUT2D eigenvalue weighted by Gasteiger charge is 2.24. The van der Waals surface area contributed by atoms with Gasteiger partial charge < -0.3 is 19.0 Å². The van der Waals surface area contributed by atoms with Crippen LogP contribution >= 0.6 is 23.2 Å². The molecule has 1 saturated heterocycles. The number of anilines is 1. The number of benzene rings is 2. The van der Waals surface area contributed by atoms with Gasteiger partial charge in [0.15, 0.2) is 5.76 Å². The van der Waals surface area contributed by atoms with Gasteiger partial charge in [-0.25, -0.2) is 4.98 Å². The highest BCUT2D eigenvalue weighted by Crippen LogP contribution is 2.29. The first-order chi connectivity index (χ1) is 16.1. The lowest BCUT2D eigenvalue weighted by Crippen LogP contribution is -2.49. The summed E-state index contributed by atoms with van der Waals surface area (Å²) < 4.78 is 11.3. The lowest BCUT2D eigenvalue weighted by atomic mass is 10.2. The molecule has 0 unspecified atom stereocenters. The lowest BCUT2D eigenvalue weighted by molar-refractivity contribution is 0.0714. The minimum absolute atomic E-state index is 0.0795. The van der Waals surface area contributed by atoms with Crippen LogP contribution in [0.3, 0.4) is 0 Å². The van der Waals surface area contributed by atoms with Gasteiger partial charge in [0.1, 0.15) is 23.7 Å². The molecule has 5 rings (SSSR count). The lowest BCUT2D eigenvalue weighted by Gasteiger charge is -2.35. The summed E-state index contributed by atoms with van der Waals surface area (Å²) in [7, 11) is 0. The van der Waals surface area contributed by atoms with Crippen molar-refractivity contribution in [1.29, 1.82) is 0 Å². The minimum atomic E-state index is -0.0795. The quantitative estimate of drug-likeness (QED) is 0.367. The van der Waals surface area contributed by atoms with Crippen molar-refractivity contribution in [3.05, 3.63) is 88.3 Å². The van der Waals surface area contributed by atoms with Gasteiger partial charge in [0.25, 0.3) is 5.91 Å².